The van der Waals surface area contributed by atoms with Crippen molar-refractivity contribution >= 4 is 10.0 Å². The normalized spacial score (nSPS) is 22.7. The van der Waals surface area contributed by atoms with E-state index in [1.165, 1.54) is 0 Å². The number of ether oxygens (including phenoxy) is 1. The first kappa shape index (κ1) is 20.8. The van der Waals surface area contributed by atoms with Gasteiger partial charge in [0.2, 0.25) is 10.0 Å². The summed E-state index contributed by atoms with van der Waals surface area (Å²) in [6, 6.07) is 26.6. The van der Waals surface area contributed by atoms with Crippen LogP contribution in [0.3, 0.4) is 0 Å². The Hall–Kier alpha value is -2.47. The van der Waals surface area contributed by atoms with Gasteiger partial charge in [0.05, 0.1) is 11.0 Å². The quantitative estimate of drug-likeness (QED) is 0.537. The summed E-state index contributed by atoms with van der Waals surface area (Å²) >= 11 is 0. The summed E-state index contributed by atoms with van der Waals surface area (Å²) in [6.07, 6.45) is 0.489. The van der Waals surface area contributed by atoms with E-state index in [1.807, 2.05) is 86.6 Å². The zero-order valence-corrected chi connectivity index (χ0v) is 18.1. The van der Waals surface area contributed by atoms with Crippen LogP contribution in [0.4, 0.5) is 0 Å². The van der Waals surface area contributed by atoms with Gasteiger partial charge in [-0.15, -0.1) is 0 Å². The zero-order valence-electron chi connectivity index (χ0n) is 17.3. The molecule has 5 heteroatoms. The second-order valence-corrected chi connectivity index (χ2v) is 9.59. The summed E-state index contributed by atoms with van der Waals surface area (Å²) in [7, 11) is -3.73. The molecule has 0 amide bonds. The molecule has 0 spiro atoms. The minimum absolute atomic E-state index is 0.161. The van der Waals surface area contributed by atoms with Crippen LogP contribution in [-0.4, -0.2) is 18.8 Å². The minimum Gasteiger partial charge on any atom is -0.350 e. The molecule has 3 atom stereocenters. The minimum atomic E-state index is -3.73. The molecule has 1 fully saturated rings. The Labute approximate surface area is 179 Å². The highest BCUT2D eigenvalue weighted by Gasteiger charge is 2.44. The van der Waals surface area contributed by atoms with E-state index in [2.05, 4.69) is 0 Å². The van der Waals surface area contributed by atoms with Crippen molar-refractivity contribution in [3.05, 3.63) is 102 Å². The molecule has 0 bridgehead atoms. The molecule has 3 aromatic carbocycles. The van der Waals surface area contributed by atoms with E-state index >= 15 is 0 Å². The molecule has 4 nitrogen and oxygen atoms in total. The summed E-state index contributed by atoms with van der Waals surface area (Å²) in [5, 5.41) is 0. The first-order valence-electron chi connectivity index (χ1n) is 10.4. The van der Waals surface area contributed by atoms with E-state index in [4.69, 9.17) is 4.74 Å². The fourth-order valence-electron chi connectivity index (χ4n) is 4.04. The van der Waals surface area contributed by atoms with E-state index in [0.29, 0.717) is 17.7 Å². The monoisotopic (exact) mass is 421 g/mol. The summed E-state index contributed by atoms with van der Waals surface area (Å²) < 4.78 is 35.5. The maximum Gasteiger partial charge on any atom is 0.245 e. The van der Waals surface area contributed by atoms with E-state index in [0.717, 1.165) is 16.7 Å². The van der Waals surface area contributed by atoms with E-state index in [9.17, 15) is 8.42 Å². The van der Waals surface area contributed by atoms with Crippen molar-refractivity contribution in [1.29, 1.82) is 0 Å². The van der Waals surface area contributed by atoms with Gasteiger partial charge in [0.15, 0.2) is 6.23 Å². The number of rotatable bonds is 5. The second-order valence-electron chi connectivity index (χ2n) is 7.74. The maximum absolute atomic E-state index is 13.7. The summed E-state index contributed by atoms with van der Waals surface area (Å²) in [5.41, 5.74) is 2.94. The summed E-state index contributed by atoms with van der Waals surface area (Å²) in [5.74, 6) is 0. The lowest BCUT2D eigenvalue weighted by Gasteiger charge is -2.44. The van der Waals surface area contributed by atoms with Crippen molar-refractivity contribution in [3.63, 3.8) is 0 Å². The standard InChI is InChI=1S/C25H27NO3S/c1-3-22-18-24(20-10-6-4-7-11-20)29-25(21-12-8-5-9-13-21)26(22)30(27,28)23-16-14-19(2)15-17-23/h4-17,22,24-25H,3,18H2,1-2H3/t22-,24-,25-/m0/s1. The number of hydrogen-bond acceptors (Lipinski definition) is 3. The average Bonchev–Trinajstić information content (AvgIpc) is 2.79. The van der Waals surface area contributed by atoms with Crippen LogP contribution in [0, 0.1) is 6.92 Å². The number of sulfonamides is 1. The van der Waals surface area contributed by atoms with Gasteiger partial charge in [-0.3, -0.25) is 0 Å². The van der Waals surface area contributed by atoms with E-state index < -0.39 is 16.3 Å². The zero-order chi connectivity index (χ0) is 21.1. The third kappa shape index (κ3) is 4.06. The Morgan fingerprint density at radius 1 is 0.867 bits per heavy atom. The molecule has 0 aromatic heterocycles. The lowest BCUT2D eigenvalue weighted by atomic mass is 9.97. The number of benzene rings is 3. The van der Waals surface area contributed by atoms with Crippen LogP contribution in [0.1, 0.15) is 48.8 Å². The van der Waals surface area contributed by atoms with Crippen molar-refractivity contribution in [3.8, 4) is 0 Å². The van der Waals surface area contributed by atoms with E-state index in [1.54, 1.807) is 16.4 Å². The van der Waals surface area contributed by atoms with Gasteiger partial charge in [-0.2, -0.15) is 4.31 Å². The van der Waals surface area contributed by atoms with Gasteiger partial charge < -0.3 is 4.74 Å². The lowest BCUT2D eigenvalue weighted by molar-refractivity contribution is -0.134. The molecular formula is C25H27NO3S. The number of nitrogens with zero attached hydrogens (tertiary/aromatic N) is 1. The van der Waals surface area contributed by atoms with Crippen molar-refractivity contribution < 1.29 is 13.2 Å². The van der Waals surface area contributed by atoms with Crippen molar-refractivity contribution in [1.82, 2.24) is 4.31 Å². The van der Waals surface area contributed by atoms with Gasteiger partial charge in [-0.25, -0.2) is 8.42 Å². The Balaban J connectivity index is 1.79. The predicted octanol–water partition coefficient (Wildman–Crippen LogP) is 5.62. The Bertz CT molecular complexity index is 1070. The Morgan fingerprint density at radius 2 is 1.43 bits per heavy atom. The molecule has 1 aliphatic heterocycles. The lowest BCUT2D eigenvalue weighted by Crippen LogP contribution is -2.48. The summed E-state index contributed by atoms with van der Waals surface area (Å²) in [6.45, 7) is 3.99. The molecule has 0 N–H and O–H groups in total. The van der Waals surface area contributed by atoms with Crippen LogP contribution in [0.15, 0.2) is 89.8 Å². The van der Waals surface area contributed by atoms with Crippen molar-refractivity contribution in [2.75, 3.05) is 0 Å². The van der Waals surface area contributed by atoms with Crippen LogP contribution < -0.4 is 0 Å². The smallest absolute Gasteiger partial charge is 0.245 e. The first-order chi connectivity index (χ1) is 14.5. The van der Waals surface area contributed by atoms with Crippen LogP contribution >= 0.6 is 0 Å². The molecule has 0 radical (unpaired) electrons. The Kier molecular flexibility index (Phi) is 6.04. The molecule has 0 unspecified atom stereocenters. The number of hydrogen-bond donors (Lipinski definition) is 0. The largest absolute Gasteiger partial charge is 0.350 e. The van der Waals surface area contributed by atoms with Crippen molar-refractivity contribution in [2.45, 2.75) is 50.0 Å². The van der Waals surface area contributed by atoms with Crippen molar-refractivity contribution in [2.24, 2.45) is 0 Å². The van der Waals surface area contributed by atoms with Crippen LogP contribution in [0.5, 0.6) is 0 Å². The molecule has 156 valence electrons. The topological polar surface area (TPSA) is 46.6 Å². The molecular weight excluding hydrogens is 394 g/mol. The predicted molar refractivity (Wildman–Crippen MR) is 118 cm³/mol. The highest BCUT2D eigenvalue weighted by molar-refractivity contribution is 7.89. The van der Waals surface area contributed by atoms with Gasteiger partial charge in [-0.05, 0) is 43.0 Å². The van der Waals surface area contributed by atoms with Gasteiger partial charge in [0.25, 0.3) is 0 Å². The van der Waals surface area contributed by atoms with Crippen LogP contribution in [-0.2, 0) is 14.8 Å². The number of aryl methyl sites for hydroxylation is 1. The highest BCUT2D eigenvalue weighted by atomic mass is 32.2. The van der Waals surface area contributed by atoms with Gasteiger partial charge in [-0.1, -0.05) is 85.3 Å². The SMILES string of the molecule is CC[C@H]1C[C@@H](c2ccccc2)O[C@@H](c2ccccc2)N1S(=O)(=O)c1ccc(C)cc1. The van der Waals surface area contributed by atoms with Crippen LogP contribution in [0.25, 0.3) is 0 Å². The molecule has 3 aromatic rings. The van der Waals surface area contributed by atoms with Gasteiger partial charge in [0, 0.05) is 6.04 Å². The average molecular weight is 422 g/mol. The van der Waals surface area contributed by atoms with Gasteiger partial charge in [0.1, 0.15) is 0 Å². The third-order valence-corrected chi connectivity index (χ3v) is 7.61. The highest BCUT2D eigenvalue weighted by Crippen LogP contribution is 2.43. The molecule has 1 heterocycles. The third-order valence-electron chi connectivity index (χ3n) is 5.69. The second kappa shape index (κ2) is 8.72. The Morgan fingerprint density at radius 3 is 2.00 bits per heavy atom. The maximum atomic E-state index is 13.7. The van der Waals surface area contributed by atoms with Gasteiger partial charge >= 0.3 is 0 Å². The molecule has 1 aliphatic rings. The molecule has 30 heavy (non-hydrogen) atoms. The molecule has 1 saturated heterocycles. The van der Waals surface area contributed by atoms with E-state index in [-0.39, 0.29) is 12.1 Å². The fourth-order valence-corrected chi connectivity index (χ4v) is 5.81. The molecule has 0 aliphatic carbocycles. The fraction of sp³-hybridized carbons (Fsp3) is 0.280. The first-order valence-corrected chi connectivity index (χ1v) is 11.8. The molecule has 4 rings (SSSR count). The summed E-state index contributed by atoms with van der Waals surface area (Å²) in [4.78, 5) is 0.300. The van der Waals surface area contributed by atoms with Crippen LogP contribution in [0.2, 0.25) is 0 Å². The molecule has 0 saturated carbocycles.